The van der Waals surface area contributed by atoms with Crippen molar-refractivity contribution in [3.63, 3.8) is 0 Å². The normalized spacial score (nSPS) is 14.7. The van der Waals surface area contributed by atoms with E-state index < -0.39 is 6.04 Å². The molecule has 0 spiro atoms. The molecule has 24 heavy (non-hydrogen) atoms. The summed E-state index contributed by atoms with van der Waals surface area (Å²) in [4.78, 5) is 26.1. The van der Waals surface area contributed by atoms with Crippen LogP contribution in [-0.4, -0.2) is 42.5 Å². The average molecular weight is 363 g/mol. The number of ether oxygens (including phenoxy) is 1. The fourth-order valence-electron chi connectivity index (χ4n) is 2.18. The molecule has 2 N–H and O–H groups in total. The zero-order chi connectivity index (χ0) is 18.4. The Kier molecular flexibility index (Phi) is 11.2. The van der Waals surface area contributed by atoms with Crippen molar-refractivity contribution in [3.05, 3.63) is 11.6 Å². The lowest BCUT2D eigenvalue weighted by atomic mass is 9.86. The second-order valence-electron chi connectivity index (χ2n) is 7.56. The van der Waals surface area contributed by atoms with E-state index in [0.717, 1.165) is 6.42 Å². The van der Waals surface area contributed by atoms with E-state index in [4.69, 9.17) is 10.5 Å². The molecule has 0 heterocycles. The van der Waals surface area contributed by atoms with Gasteiger partial charge >= 0.3 is 5.97 Å². The minimum atomic E-state index is -0.585. The number of amides is 1. The van der Waals surface area contributed by atoms with Gasteiger partial charge in [-0.1, -0.05) is 40.7 Å². The van der Waals surface area contributed by atoms with Gasteiger partial charge in [0.25, 0.3) is 0 Å². The summed E-state index contributed by atoms with van der Waals surface area (Å²) in [6.07, 6.45) is 2.57. The van der Waals surface area contributed by atoms with Crippen LogP contribution in [0.5, 0.6) is 0 Å². The summed E-state index contributed by atoms with van der Waals surface area (Å²) >= 11 is 0. The Morgan fingerprint density at radius 1 is 1.25 bits per heavy atom. The molecule has 0 aromatic carbocycles. The zero-order valence-corrected chi connectivity index (χ0v) is 17.2. The zero-order valence-electron chi connectivity index (χ0n) is 16.4. The van der Waals surface area contributed by atoms with E-state index >= 15 is 0 Å². The quantitative estimate of drug-likeness (QED) is 0.557. The van der Waals surface area contributed by atoms with Gasteiger partial charge in [-0.25, -0.2) is 4.79 Å². The van der Waals surface area contributed by atoms with Gasteiger partial charge in [-0.2, -0.15) is 0 Å². The molecule has 142 valence electrons. The number of hydrogen-bond acceptors (Lipinski definition) is 4. The highest BCUT2D eigenvalue weighted by Gasteiger charge is 2.32. The fraction of sp³-hybridized carbons (Fsp3) is 0.778. The molecule has 0 aromatic rings. The van der Waals surface area contributed by atoms with Gasteiger partial charge in [0.1, 0.15) is 0 Å². The van der Waals surface area contributed by atoms with Crippen LogP contribution < -0.4 is 5.73 Å². The molecule has 1 amide bonds. The van der Waals surface area contributed by atoms with E-state index in [-0.39, 0.29) is 35.7 Å². The van der Waals surface area contributed by atoms with Crippen LogP contribution in [0.4, 0.5) is 0 Å². The van der Waals surface area contributed by atoms with Crippen molar-refractivity contribution >= 4 is 24.3 Å². The molecular weight excluding hydrogens is 328 g/mol. The minimum Gasteiger partial charge on any atom is -0.463 e. The average Bonchev–Trinajstić information content (AvgIpc) is 2.42. The molecule has 0 aromatic heterocycles. The molecule has 0 bridgehead atoms. The first-order chi connectivity index (χ1) is 10.4. The van der Waals surface area contributed by atoms with Gasteiger partial charge in [0.15, 0.2) is 0 Å². The number of carbonyl (C=O) groups is 2. The highest BCUT2D eigenvalue weighted by molar-refractivity contribution is 5.88. The molecule has 0 rings (SSSR count). The highest BCUT2D eigenvalue weighted by atomic mass is 35.5. The number of nitrogens with zero attached hydrogens (tertiary/aromatic N) is 1. The molecule has 5 nitrogen and oxygen atoms in total. The van der Waals surface area contributed by atoms with E-state index in [2.05, 4.69) is 13.8 Å². The Balaban J connectivity index is 0. The topological polar surface area (TPSA) is 72.6 Å². The Morgan fingerprint density at radius 3 is 2.12 bits per heavy atom. The number of hydrogen-bond donors (Lipinski definition) is 1. The van der Waals surface area contributed by atoms with E-state index in [0.29, 0.717) is 18.1 Å². The molecule has 0 radical (unpaired) electrons. The van der Waals surface area contributed by atoms with Crippen LogP contribution in [0.25, 0.3) is 0 Å². The number of halogens is 1. The Bertz CT molecular complexity index is 442. The van der Waals surface area contributed by atoms with Gasteiger partial charge in [0, 0.05) is 12.6 Å². The second kappa shape index (κ2) is 10.7. The Morgan fingerprint density at radius 2 is 1.75 bits per heavy atom. The maximum atomic E-state index is 12.6. The largest absolute Gasteiger partial charge is 0.463 e. The van der Waals surface area contributed by atoms with E-state index in [1.54, 1.807) is 25.8 Å². The van der Waals surface area contributed by atoms with E-state index in [9.17, 15) is 9.59 Å². The molecule has 0 saturated carbocycles. The van der Waals surface area contributed by atoms with Crippen molar-refractivity contribution in [1.29, 1.82) is 0 Å². The summed E-state index contributed by atoms with van der Waals surface area (Å²) in [6, 6.07) is -0.765. The summed E-state index contributed by atoms with van der Waals surface area (Å²) in [5.41, 5.74) is 6.30. The van der Waals surface area contributed by atoms with E-state index in [1.165, 1.54) is 0 Å². The third-order valence-electron chi connectivity index (χ3n) is 3.80. The first-order valence-corrected chi connectivity index (χ1v) is 8.29. The number of carbonyl (C=O) groups excluding carboxylic acids is 2. The number of rotatable bonds is 7. The van der Waals surface area contributed by atoms with Crippen molar-refractivity contribution in [2.75, 3.05) is 13.7 Å². The van der Waals surface area contributed by atoms with Gasteiger partial charge in [0.2, 0.25) is 5.91 Å². The lowest BCUT2D eigenvalue weighted by Crippen LogP contribution is -2.52. The van der Waals surface area contributed by atoms with Crippen LogP contribution in [0.3, 0.4) is 0 Å². The molecule has 0 aliphatic rings. The van der Waals surface area contributed by atoms with Crippen molar-refractivity contribution in [2.45, 2.75) is 67.0 Å². The molecule has 0 unspecified atom stereocenters. The first-order valence-electron chi connectivity index (χ1n) is 8.29. The summed E-state index contributed by atoms with van der Waals surface area (Å²) < 4.78 is 5.02. The van der Waals surface area contributed by atoms with Gasteiger partial charge in [-0.15, -0.1) is 12.4 Å². The summed E-state index contributed by atoms with van der Waals surface area (Å²) in [6.45, 7) is 13.8. The molecule has 0 aliphatic carbocycles. The van der Waals surface area contributed by atoms with Gasteiger partial charge < -0.3 is 15.4 Å². The van der Waals surface area contributed by atoms with Gasteiger partial charge in [0.05, 0.1) is 18.7 Å². The summed E-state index contributed by atoms with van der Waals surface area (Å²) in [5.74, 6) is -0.0781. The minimum absolute atomic E-state index is 0. The molecule has 0 saturated heterocycles. The number of likely N-dealkylation sites (N-methyl/N-ethyl adjacent to an activating group) is 1. The smallest absolute Gasteiger partial charge is 0.333 e. The molecular formula is C18H35ClN2O3. The highest BCUT2D eigenvalue weighted by Crippen LogP contribution is 2.22. The van der Waals surface area contributed by atoms with Crippen molar-refractivity contribution in [3.8, 4) is 0 Å². The van der Waals surface area contributed by atoms with Crippen LogP contribution in [-0.2, 0) is 14.3 Å². The second-order valence-corrected chi connectivity index (χ2v) is 7.56. The van der Waals surface area contributed by atoms with Gasteiger partial charge in [-0.3, -0.25) is 4.79 Å². The van der Waals surface area contributed by atoms with Crippen molar-refractivity contribution < 1.29 is 14.3 Å². The Hall–Kier alpha value is -1.07. The van der Waals surface area contributed by atoms with Gasteiger partial charge in [-0.05, 0) is 31.6 Å². The maximum absolute atomic E-state index is 12.6. The Labute approximate surface area is 153 Å². The molecule has 2 atom stereocenters. The number of nitrogens with two attached hydrogens (primary N) is 1. The number of esters is 1. The van der Waals surface area contributed by atoms with Crippen LogP contribution in [0.15, 0.2) is 11.6 Å². The van der Waals surface area contributed by atoms with Crippen LogP contribution in [0.1, 0.15) is 54.9 Å². The molecule has 6 heteroatoms. The van der Waals surface area contributed by atoms with Crippen LogP contribution in [0.2, 0.25) is 0 Å². The van der Waals surface area contributed by atoms with Crippen LogP contribution in [0, 0.1) is 11.3 Å². The monoisotopic (exact) mass is 362 g/mol. The predicted octanol–water partition coefficient (Wildman–Crippen LogP) is 3.16. The lowest BCUT2D eigenvalue weighted by molar-refractivity contribution is -0.139. The third kappa shape index (κ3) is 8.15. The fourth-order valence-corrected chi connectivity index (χ4v) is 2.18. The predicted molar refractivity (Wildman–Crippen MR) is 101 cm³/mol. The summed E-state index contributed by atoms with van der Waals surface area (Å²) in [5, 5.41) is 0. The van der Waals surface area contributed by atoms with Crippen molar-refractivity contribution in [2.24, 2.45) is 17.1 Å². The third-order valence-corrected chi connectivity index (χ3v) is 3.80. The molecule has 0 aliphatic heterocycles. The SMILES string of the molecule is CCOC(=O)/C(C)=C/[C@H](CC(C)C)N(C)C(=O)[C@@H](N)C(C)(C)C.Cl. The lowest BCUT2D eigenvalue weighted by Gasteiger charge is -2.34. The maximum Gasteiger partial charge on any atom is 0.333 e. The first kappa shape index (κ1) is 25.2. The van der Waals surface area contributed by atoms with Crippen LogP contribution >= 0.6 is 12.4 Å². The summed E-state index contributed by atoms with van der Waals surface area (Å²) in [7, 11) is 1.75. The standard InChI is InChI=1S/C18H34N2O3.ClH/c1-9-23-17(22)13(4)11-14(10-12(2)3)20(8)16(21)15(19)18(5,6)7;/h11-12,14-15H,9-10,19H2,1-8H3;1H/b13-11+;/t14-,15+;/m0./s1. The van der Waals surface area contributed by atoms with Crippen molar-refractivity contribution in [1.82, 2.24) is 4.90 Å². The molecule has 0 fully saturated rings. The van der Waals surface area contributed by atoms with E-state index in [1.807, 2.05) is 26.8 Å².